The number of nitro groups is 1. The first kappa shape index (κ1) is 25.3. The second-order valence-corrected chi connectivity index (χ2v) is 9.58. The number of imide groups is 2. The van der Waals surface area contributed by atoms with E-state index < -0.39 is 22.8 Å². The number of hydrogen-bond acceptors (Lipinski definition) is 6. The van der Waals surface area contributed by atoms with Crippen LogP contribution in [0.3, 0.4) is 0 Å². The molecule has 0 aliphatic carbocycles. The SMILES string of the molecule is Cc1ccc(COc2c(Br)cc(Br)cc2/C=C2\C(=O)NC(=O)N(c3ccc([N+](=O)[O-])cc3)C2=O)cc1. The largest absolute Gasteiger partial charge is 0.487 e. The Hall–Kier alpha value is -3.83. The number of nitrogens with one attached hydrogen (secondary N) is 1. The molecule has 11 heteroatoms. The van der Waals surface area contributed by atoms with Crippen molar-refractivity contribution in [2.24, 2.45) is 0 Å². The third kappa shape index (κ3) is 5.37. The van der Waals surface area contributed by atoms with Crippen LogP contribution in [0.2, 0.25) is 0 Å². The van der Waals surface area contributed by atoms with Crippen molar-refractivity contribution in [3.8, 4) is 5.75 Å². The van der Waals surface area contributed by atoms with Gasteiger partial charge in [-0.1, -0.05) is 45.8 Å². The second kappa shape index (κ2) is 10.4. The van der Waals surface area contributed by atoms with Gasteiger partial charge in [0, 0.05) is 22.2 Å². The van der Waals surface area contributed by atoms with Crippen LogP contribution in [0.15, 0.2) is 75.2 Å². The van der Waals surface area contributed by atoms with Gasteiger partial charge < -0.3 is 4.74 Å². The molecule has 1 saturated heterocycles. The van der Waals surface area contributed by atoms with Crippen molar-refractivity contribution in [2.75, 3.05) is 4.90 Å². The van der Waals surface area contributed by atoms with E-state index in [-0.39, 0.29) is 23.6 Å². The van der Waals surface area contributed by atoms with Gasteiger partial charge in [-0.3, -0.25) is 25.0 Å². The van der Waals surface area contributed by atoms with Gasteiger partial charge in [0.25, 0.3) is 17.5 Å². The molecule has 1 aliphatic heterocycles. The molecule has 0 radical (unpaired) electrons. The lowest BCUT2D eigenvalue weighted by Gasteiger charge is -2.26. The van der Waals surface area contributed by atoms with E-state index in [0.29, 0.717) is 20.3 Å². The van der Waals surface area contributed by atoms with E-state index in [4.69, 9.17) is 4.74 Å². The number of nitro benzene ring substituents is 1. The molecule has 3 aromatic carbocycles. The van der Waals surface area contributed by atoms with Crippen LogP contribution in [0.1, 0.15) is 16.7 Å². The molecule has 0 bridgehead atoms. The standard InChI is InChI=1S/C25H17Br2N3O6/c1-14-2-4-15(5-3-14)13-36-22-16(10-17(26)12-21(22)27)11-20-23(31)28-25(33)29(24(20)32)18-6-8-19(9-7-18)30(34)35/h2-12H,13H2,1H3,(H,28,31,33)/b20-11+. The number of halogens is 2. The fourth-order valence-corrected chi connectivity index (χ4v) is 4.82. The molecule has 4 amide bonds. The van der Waals surface area contributed by atoms with Crippen LogP contribution in [0.25, 0.3) is 6.08 Å². The molecule has 0 spiro atoms. The quantitative estimate of drug-likeness (QED) is 0.165. The molecular weight excluding hydrogens is 598 g/mol. The summed E-state index contributed by atoms with van der Waals surface area (Å²) < 4.78 is 7.28. The van der Waals surface area contributed by atoms with Crippen LogP contribution in [-0.2, 0) is 16.2 Å². The molecular formula is C25H17Br2N3O6. The van der Waals surface area contributed by atoms with Crippen LogP contribution in [0.4, 0.5) is 16.2 Å². The maximum Gasteiger partial charge on any atom is 0.335 e. The number of hydrogen-bond donors (Lipinski definition) is 1. The minimum atomic E-state index is -0.956. The maximum atomic E-state index is 13.2. The fourth-order valence-electron chi connectivity index (χ4n) is 3.45. The van der Waals surface area contributed by atoms with Crippen molar-refractivity contribution in [1.29, 1.82) is 0 Å². The highest BCUT2D eigenvalue weighted by atomic mass is 79.9. The second-order valence-electron chi connectivity index (χ2n) is 7.81. The van der Waals surface area contributed by atoms with Crippen molar-refractivity contribution in [1.82, 2.24) is 5.32 Å². The molecule has 1 heterocycles. The van der Waals surface area contributed by atoms with Gasteiger partial charge in [-0.15, -0.1) is 0 Å². The first-order valence-electron chi connectivity index (χ1n) is 10.5. The van der Waals surface area contributed by atoms with Gasteiger partial charge in [0.15, 0.2) is 0 Å². The Morgan fingerprint density at radius 2 is 1.69 bits per heavy atom. The summed E-state index contributed by atoms with van der Waals surface area (Å²) in [5, 5.41) is 13.1. The fraction of sp³-hybridized carbons (Fsp3) is 0.0800. The van der Waals surface area contributed by atoms with Gasteiger partial charge in [-0.25, -0.2) is 9.69 Å². The predicted molar refractivity (Wildman–Crippen MR) is 139 cm³/mol. The highest BCUT2D eigenvalue weighted by molar-refractivity contribution is 9.11. The molecule has 3 aromatic rings. The van der Waals surface area contributed by atoms with Crippen LogP contribution in [-0.4, -0.2) is 22.8 Å². The first-order valence-corrected chi connectivity index (χ1v) is 12.1. The lowest BCUT2D eigenvalue weighted by Crippen LogP contribution is -2.54. The molecule has 0 saturated carbocycles. The zero-order valence-electron chi connectivity index (χ0n) is 18.7. The third-order valence-corrected chi connectivity index (χ3v) is 6.31. The zero-order valence-corrected chi connectivity index (χ0v) is 21.8. The van der Waals surface area contributed by atoms with Crippen LogP contribution in [0, 0.1) is 17.0 Å². The summed E-state index contributed by atoms with van der Waals surface area (Å²) in [6.07, 6.45) is 1.34. The molecule has 182 valence electrons. The van der Waals surface area contributed by atoms with Crippen molar-refractivity contribution in [3.63, 3.8) is 0 Å². The molecule has 0 aromatic heterocycles. The van der Waals surface area contributed by atoms with Crippen LogP contribution >= 0.6 is 31.9 Å². The average Bonchev–Trinajstić information content (AvgIpc) is 2.82. The summed E-state index contributed by atoms with van der Waals surface area (Å²) in [5.74, 6) is -1.35. The highest BCUT2D eigenvalue weighted by Gasteiger charge is 2.37. The number of carbonyl (C=O) groups is 3. The number of aryl methyl sites for hydroxylation is 1. The van der Waals surface area contributed by atoms with E-state index in [1.165, 1.54) is 18.2 Å². The minimum Gasteiger partial charge on any atom is -0.487 e. The summed E-state index contributed by atoms with van der Waals surface area (Å²) in [4.78, 5) is 49.4. The van der Waals surface area contributed by atoms with Crippen molar-refractivity contribution < 1.29 is 24.0 Å². The van der Waals surface area contributed by atoms with Gasteiger partial charge in [0.2, 0.25) is 0 Å². The molecule has 0 unspecified atom stereocenters. The minimum absolute atomic E-state index is 0.0766. The Labute approximate surface area is 222 Å². The monoisotopic (exact) mass is 613 g/mol. The molecule has 1 N–H and O–H groups in total. The Bertz CT molecular complexity index is 1420. The number of amides is 4. The van der Waals surface area contributed by atoms with Gasteiger partial charge >= 0.3 is 6.03 Å². The van der Waals surface area contributed by atoms with Crippen molar-refractivity contribution >= 4 is 67.2 Å². The average molecular weight is 615 g/mol. The lowest BCUT2D eigenvalue weighted by atomic mass is 10.1. The predicted octanol–water partition coefficient (Wildman–Crippen LogP) is 5.67. The molecule has 36 heavy (non-hydrogen) atoms. The number of ether oxygens (including phenoxy) is 1. The summed E-state index contributed by atoms with van der Waals surface area (Å²) in [5.41, 5.74) is 2.02. The Balaban J connectivity index is 1.69. The summed E-state index contributed by atoms with van der Waals surface area (Å²) in [7, 11) is 0. The van der Waals surface area contributed by atoms with Gasteiger partial charge in [-0.2, -0.15) is 0 Å². The normalized spacial score (nSPS) is 14.7. The number of carbonyl (C=O) groups excluding carboxylic acids is 3. The van der Waals surface area contributed by atoms with Gasteiger partial charge in [0.1, 0.15) is 17.9 Å². The first-order chi connectivity index (χ1) is 17.1. The number of anilines is 1. The van der Waals surface area contributed by atoms with Crippen molar-refractivity contribution in [3.05, 3.63) is 102 Å². The third-order valence-electron chi connectivity index (χ3n) is 5.26. The zero-order chi connectivity index (χ0) is 26.0. The summed E-state index contributed by atoms with van der Waals surface area (Å²) in [6, 6.07) is 15.1. The lowest BCUT2D eigenvalue weighted by molar-refractivity contribution is -0.384. The van der Waals surface area contributed by atoms with E-state index in [2.05, 4.69) is 37.2 Å². The topological polar surface area (TPSA) is 119 Å². The highest BCUT2D eigenvalue weighted by Crippen LogP contribution is 2.36. The number of nitrogens with zero attached hydrogens (tertiary/aromatic N) is 2. The van der Waals surface area contributed by atoms with E-state index in [9.17, 15) is 24.5 Å². The Morgan fingerprint density at radius 1 is 1.03 bits per heavy atom. The number of non-ortho nitro benzene ring substituents is 1. The van der Waals surface area contributed by atoms with E-state index in [0.717, 1.165) is 28.2 Å². The number of benzene rings is 3. The summed E-state index contributed by atoms with van der Waals surface area (Å²) >= 11 is 6.87. The van der Waals surface area contributed by atoms with Gasteiger partial charge in [-0.05, 0) is 58.8 Å². The molecule has 4 rings (SSSR count). The van der Waals surface area contributed by atoms with Crippen LogP contribution < -0.4 is 15.0 Å². The Kier molecular flexibility index (Phi) is 7.32. The molecule has 9 nitrogen and oxygen atoms in total. The Morgan fingerprint density at radius 3 is 2.33 bits per heavy atom. The van der Waals surface area contributed by atoms with Crippen molar-refractivity contribution in [2.45, 2.75) is 13.5 Å². The number of rotatable bonds is 6. The summed E-state index contributed by atoms with van der Waals surface area (Å²) in [6.45, 7) is 2.22. The van der Waals surface area contributed by atoms with Gasteiger partial charge in [0.05, 0.1) is 15.1 Å². The van der Waals surface area contributed by atoms with E-state index in [1.54, 1.807) is 12.1 Å². The smallest absolute Gasteiger partial charge is 0.335 e. The molecule has 1 fully saturated rings. The number of barbiturate groups is 1. The molecule has 0 atom stereocenters. The number of urea groups is 1. The molecule has 1 aliphatic rings. The van der Waals surface area contributed by atoms with Crippen LogP contribution in [0.5, 0.6) is 5.75 Å². The van der Waals surface area contributed by atoms with E-state index >= 15 is 0 Å². The van der Waals surface area contributed by atoms with E-state index in [1.807, 2.05) is 31.2 Å². The maximum absolute atomic E-state index is 13.2.